The summed E-state index contributed by atoms with van der Waals surface area (Å²) in [5.74, 6) is 0.460. The smallest absolute Gasteiger partial charge is 0.489 e. The van der Waals surface area contributed by atoms with E-state index in [1.54, 1.807) is 6.07 Å². The van der Waals surface area contributed by atoms with E-state index in [0.717, 1.165) is 21.6 Å². The molecular weight excluding hydrogens is 487 g/mol. The van der Waals surface area contributed by atoms with Gasteiger partial charge >= 0.3 is 6.36 Å². The highest BCUT2D eigenvalue weighted by Gasteiger charge is 2.31. The summed E-state index contributed by atoms with van der Waals surface area (Å²) in [5.41, 5.74) is 8.30. The van der Waals surface area contributed by atoms with E-state index < -0.39 is 6.36 Å². The molecule has 180 valence electrons. The summed E-state index contributed by atoms with van der Waals surface area (Å²) in [6.45, 7) is 1.86. The molecule has 0 bridgehead atoms. The molecule has 3 aromatic carbocycles. The summed E-state index contributed by atoms with van der Waals surface area (Å²) in [6.07, 6.45) is -4.75. The van der Waals surface area contributed by atoms with Crippen molar-refractivity contribution in [3.05, 3.63) is 83.9 Å². The van der Waals surface area contributed by atoms with Crippen LogP contribution in [-0.4, -0.2) is 24.4 Å². The lowest BCUT2D eigenvalue weighted by Gasteiger charge is -2.22. The van der Waals surface area contributed by atoms with Gasteiger partial charge in [-0.05, 0) is 23.8 Å². The highest BCUT2D eigenvalue weighted by atomic mass is 35.5. The predicted molar refractivity (Wildman–Crippen MR) is 131 cm³/mol. The average Bonchev–Trinajstić information content (AvgIpc) is 3.21. The molecule has 0 saturated heterocycles. The quantitative estimate of drug-likeness (QED) is 0.293. The van der Waals surface area contributed by atoms with Crippen molar-refractivity contribution in [2.45, 2.75) is 19.5 Å². The maximum Gasteiger partial charge on any atom is 0.573 e. The molecule has 0 atom stereocenters. The monoisotopic (exact) mass is 509 g/mol. The van der Waals surface area contributed by atoms with Gasteiger partial charge in [0.05, 0.1) is 10.2 Å². The molecule has 0 fully saturated rings. The first-order chi connectivity index (χ1) is 15.9. The molecule has 4 aromatic rings. The zero-order valence-corrected chi connectivity index (χ0v) is 19.6. The van der Waals surface area contributed by atoms with Gasteiger partial charge in [-0.15, -0.1) is 25.6 Å². The van der Waals surface area contributed by atoms with Crippen LogP contribution in [0.4, 0.5) is 18.3 Å². The Hall–Kier alpha value is -3.01. The Kier molecular flexibility index (Phi) is 8.60. The second kappa shape index (κ2) is 11.4. The van der Waals surface area contributed by atoms with E-state index in [4.69, 9.17) is 10.5 Å². The minimum absolute atomic E-state index is 0. The Labute approximate surface area is 205 Å². The number of hydrogen-bond acceptors (Lipinski definition) is 6. The number of aromatic nitrogens is 1. The van der Waals surface area contributed by atoms with Gasteiger partial charge in [0.1, 0.15) is 18.1 Å². The third-order valence-electron chi connectivity index (χ3n) is 4.82. The fraction of sp³-hybridized carbons (Fsp3) is 0.208. The summed E-state index contributed by atoms with van der Waals surface area (Å²) < 4.78 is 48.5. The highest BCUT2D eigenvalue weighted by Crippen LogP contribution is 2.34. The van der Waals surface area contributed by atoms with Crippen molar-refractivity contribution in [1.82, 2.24) is 4.98 Å². The fourth-order valence-corrected chi connectivity index (χ4v) is 4.31. The van der Waals surface area contributed by atoms with Gasteiger partial charge in [-0.3, -0.25) is 0 Å². The van der Waals surface area contributed by atoms with Crippen LogP contribution in [0.5, 0.6) is 11.5 Å². The highest BCUT2D eigenvalue weighted by molar-refractivity contribution is 7.22. The summed E-state index contributed by atoms with van der Waals surface area (Å²) in [5, 5.41) is 0.664. The zero-order valence-electron chi connectivity index (χ0n) is 18.0. The SMILES string of the molecule is Cl.NCCN(Cc1ccccc1OCc1ccccc1)c1nc2cc(OC(F)(F)F)ccc2s1. The minimum Gasteiger partial charge on any atom is -0.489 e. The standard InChI is InChI=1S/C24H22F3N3O2S.ClH/c25-24(26,27)32-19-10-11-22-20(14-19)29-23(33-22)30(13-12-28)15-18-8-4-5-9-21(18)31-16-17-6-2-1-3-7-17;/h1-11,14H,12-13,15-16,28H2;1H. The van der Waals surface area contributed by atoms with E-state index in [0.29, 0.717) is 36.9 Å². The number of rotatable bonds is 9. The normalized spacial score (nSPS) is 11.2. The lowest BCUT2D eigenvalue weighted by molar-refractivity contribution is -0.274. The van der Waals surface area contributed by atoms with E-state index in [1.165, 1.54) is 23.5 Å². The van der Waals surface area contributed by atoms with Gasteiger partial charge in [-0.1, -0.05) is 59.9 Å². The van der Waals surface area contributed by atoms with Crippen LogP contribution < -0.4 is 20.1 Å². The fourth-order valence-electron chi connectivity index (χ4n) is 3.34. The van der Waals surface area contributed by atoms with Crippen LogP contribution in [0.15, 0.2) is 72.8 Å². The number of halogens is 4. The van der Waals surface area contributed by atoms with Crippen molar-refractivity contribution >= 4 is 39.1 Å². The van der Waals surface area contributed by atoms with Gasteiger partial charge in [0.2, 0.25) is 0 Å². The van der Waals surface area contributed by atoms with Crippen molar-refractivity contribution in [3.8, 4) is 11.5 Å². The van der Waals surface area contributed by atoms with Crippen molar-refractivity contribution in [2.75, 3.05) is 18.0 Å². The Morgan fingerprint density at radius 2 is 1.71 bits per heavy atom. The molecule has 0 saturated carbocycles. The Morgan fingerprint density at radius 3 is 2.44 bits per heavy atom. The molecule has 0 aliphatic rings. The van der Waals surface area contributed by atoms with Gasteiger partial charge in [0, 0.05) is 31.3 Å². The first-order valence-corrected chi connectivity index (χ1v) is 11.1. The Balaban J connectivity index is 0.00000324. The third-order valence-corrected chi connectivity index (χ3v) is 5.92. The molecule has 0 aliphatic carbocycles. The number of para-hydroxylation sites is 1. The summed E-state index contributed by atoms with van der Waals surface area (Å²) in [6, 6.07) is 21.8. The maximum absolute atomic E-state index is 12.6. The number of thiazole rings is 1. The van der Waals surface area contributed by atoms with Gasteiger partial charge in [0.25, 0.3) is 0 Å². The van der Waals surface area contributed by atoms with Crippen molar-refractivity contribution in [2.24, 2.45) is 5.73 Å². The van der Waals surface area contributed by atoms with Gasteiger partial charge < -0.3 is 20.1 Å². The number of nitrogens with zero attached hydrogens (tertiary/aromatic N) is 2. The van der Waals surface area contributed by atoms with Crippen molar-refractivity contribution < 1.29 is 22.6 Å². The first-order valence-electron chi connectivity index (χ1n) is 10.3. The molecule has 1 aromatic heterocycles. The zero-order chi connectivity index (χ0) is 23.3. The van der Waals surface area contributed by atoms with Crippen molar-refractivity contribution in [1.29, 1.82) is 0 Å². The van der Waals surface area contributed by atoms with Gasteiger partial charge in [-0.25, -0.2) is 4.98 Å². The second-order valence-electron chi connectivity index (χ2n) is 7.27. The average molecular weight is 510 g/mol. The Bertz CT molecular complexity index is 1210. The lowest BCUT2D eigenvalue weighted by atomic mass is 10.2. The molecule has 0 amide bonds. The molecule has 1 heterocycles. The number of ether oxygens (including phenoxy) is 2. The van der Waals surface area contributed by atoms with Crippen LogP contribution in [-0.2, 0) is 13.2 Å². The number of alkyl halides is 3. The third kappa shape index (κ3) is 6.75. The number of hydrogen-bond donors (Lipinski definition) is 1. The van der Waals surface area contributed by atoms with Crippen LogP contribution in [0.1, 0.15) is 11.1 Å². The first kappa shape index (κ1) is 25.6. The van der Waals surface area contributed by atoms with Crippen LogP contribution in [0, 0.1) is 0 Å². The molecular formula is C24H23ClF3N3O2S. The lowest BCUT2D eigenvalue weighted by Crippen LogP contribution is -2.29. The molecule has 10 heteroatoms. The molecule has 2 N–H and O–H groups in total. The summed E-state index contributed by atoms with van der Waals surface area (Å²) in [4.78, 5) is 6.54. The number of benzene rings is 3. The van der Waals surface area contributed by atoms with Crippen LogP contribution in [0.3, 0.4) is 0 Å². The molecule has 0 aliphatic heterocycles. The summed E-state index contributed by atoms with van der Waals surface area (Å²) in [7, 11) is 0. The number of nitrogens with two attached hydrogens (primary N) is 1. The predicted octanol–water partition coefficient (Wildman–Crippen LogP) is 6.16. The van der Waals surface area contributed by atoms with Crippen LogP contribution in [0.2, 0.25) is 0 Å². The number of fused-ring (bicyclic) bond motifs is 1. The second-order valence-corrected chi connectivity index (χ2v) is 8.28. The number of anilines is 1. The topological polar surface area (TPSA) is 60.6 Å². The molecule has 0 spiro atoms. The van der Waals surface area contributed by atoms with E-state index in [-0.39, 0.29) is 18.2 Å². The van der Waals surface area contributed by atoms with E-state index >= 15 is 0 Å². The Morgan fingerprint density at radius 1 is 0.971 bits per heavy atom. The maximum atomic E-state index is 12.6. The van der Waals surface area contributed by atoms with E-state index in [1.807, 2.05) is 59.5 Å². The molecule has 0 radical (unpaired) electrons. The minimum atomic E-state index is -4.75. The van der Waals surface area contributed by atoms with Crippen LogP contribution in [0.25, 0.3) is 10.2 Å². The summed E-state index contributed by atoms with van der Waals surface area (Å²) >= 11 is 1.39. The van der Waals surface area contributed by atoms with Gasteiger partial charge in [-0.2, -0.15) is 0 Å². The van der Waals surface area contributed by atoms with E-state index in [9.17, 15) is 13.2 Å². The largest absolute Gasteiger partial charge is 0.573 e. The molecule has 34 heavy (non-hydrogen) atoms. The van der Waals surface area contributed by atoms with Crippen molar-refractivity contribution in [3.63, 3.8) is 0 Å². The van der Waals surface area contributed by atoms with Crippen LogP contribution >= 0.6 is 23.7 Å². The molecule has 4 rings (SSSR count). The van der Waals surface area contributed by atoms with Gasteiger partial charge in [0.15, 0.2) is 5.13 Å². The molecule has 0 unspecified atom stereocenters. The molecule has 5 nitrogen and oxygen atoms in total. The van der Waals surface area contributed by atoms with E-state index in [2.05, 4.69) is 9.72 Å².